The molecule has 156 valence electrons. The summed E-state index contributed by atoms with van der Waals surface area (Å²) in [6.07, 6.45) is 2.35. The Morgan fingerprint density at radius 2 is 1.77 bits per heavy atom. The highest BCUT2D eigenvalue weighted by Gasteiger charge is 2.15. The van der Waals surface area contributed by atoms with Gasteiger partial charge in [0.25, 0.3) is 5.91 Å². The van der Waals surface area contributed by atoms with Crippen LogP contribution in [0.15, 0.2) is 79.0 Å². The van der Waals surface area contributed by atoms with Crippen LogP contribution >= 0.6 is 34.5 Å². The van der Waals surface area contributed by atoms with E-state index in [0.717, 1.165) is 16.0 Å². The molecule has 1 aromatic heterocycles. The molecule has 1 amide bonds. The smallest absolute Gasteiger partial charge is 0.261 e. The lowest BCUT2D eigenvalue weighted by atomic mass is 10.1. The Hall–Kier alpha value is -2.86. The minimum Gasteiger partial charge on any atom is -0.488 e. The summed E-state index contributed by atoms with van der Waals surface area (Å²) in [7, 11) is 0. The number of aromatic nitrogens is 1. The van der Waals surface area contributed by atoms with E-state index in [9.17, 15) is 4.79 Å². The van der Waals surface area contributed by atoms with Gasteiger partial charge in [-0.2, -0.15) is 0 Å². The number of rotatable bonds is 7. The SMILES string of the molecule is O=C(Nc1ncc(Cc2ccc(Cl)cc2Cl)s1)c1ccccc1OCc1ccccc1. The van der Waals surface area contributed by atoms with Gasteiger partial charge in [0.1, 0.15) is 12.4 Å². The van der Waals surface area contributed by atoms with Gasteiger partial charge in [0.2, 0.25) is 0 Å². The highest BCUT2D eigenvalue weighted by atomic mass is 35.5. The van der Waals surface area contributed by atoms with Gasteiger partial charge in [-0.15, -0.1) is 11.3 Å². The van der Waals surface area contributed by atoms with Crippen LogP contribution in [0.3, 0.4) is 0 Å². The van der Waals surface area contributed by atoms with Gasteiger partial charge in [-0.1, -0.05) is 71.7 Å². The number of amides is 1. The normalized spacial score (nSPS) is 10.6. The van der Waals surface area contributed by atoms with E-state index in [1.54, 1.807) is 36.5 Å². The van der Waals surface area contributed by atoms with E-state index in [2.05, 4.69) is 10.3 Å². The van der Waals surface area contributed by atoms with Crippen molar-refractivity contribution in [3.8, 4) is 5.75 Å². The van der Waals surface area contributed by atoms with Crippen molar-refractivity contribution in [1.29, 1.82) is 0 Å². The van der Waals surface area contributed by atoms with E-state index in [4.69, 9.17) is 27.9 Å². The number of halogens is 2. The standard InChI is InChI=1S/C24H18Cl2N2O2S/c25-18-11-10-17(21(26)13-18)12-19-14-27-24(31-19)28-23(29)20-8-4-5-9-22(20)30-15-16-6-2-1-3-7-16/h1-11,13-14H,12,15H2,(H,27,28,29). The molecule has 0 radical (unpaired) electrons. The van der Waals surface area contributed by atoms with Crippen LogP contribution < -0.4 is 10.1 Å². The first kappa shape index (κ1) is 21.4. The Morgan fingerprint density at radius 3 is 2.58 bits per heavy atom. The van der Waals surface area contributed by atoms with Crippen LogP contribution in [0.25, 0.3) is 0 Å². The third-order valence-electron chi connectivity index (χ3n) is 4.52. The summed E-state index contributed by atoms with van der Waals surface area (Å²) in [4.78, 5) is 18.1. The minimum atomic E-state index is -0.269. The molecule has 0 bridgehead atoms. The van der Waals surface area contributed by atoms with Crippen LogP contribution in [0.2, 0.25) is 10.0 Å². The van der Waals surface area contributed by atoms with Crippen LogP contribution in [0.5, 0.6) is 5.75 Å². The molecule has 31 heavy (non-hydrogen) atoms. The van der Waals surface area contributed by atoms with Gasteiger partial charge < -0.3 is 4.74 Å². The van der Waals surface area contributed by atoms with Gasteiger partial charge in [-0.3, -0.25) is 10.1 Å². The summed E-state index contributed by atoms with van der Waals surface area (Å²) >= 11 is 13.6. The van der Waals surface area contributed by atoms with Crippen LogP contribution in [-0.2, 0) is 13.0 Å². The number of nitrogens with zero attached hydrogens (tertiary/aromatic N) is 1. The highest BCUT2D eigenvalue weighted by Crippen LogP contribution is 2.28. The van der Waals surface area contributed by atoms with Crippen molar-refractivity contribution in [3.63, 3.8) is 0 Å². The predicted molar refractivity (Wildman–Crippen MR) is 127 cm³/mol. The van der Waals surface area contributed by atoms with E-state index in [-0.39, 0.29) is 5.91 Å². The number of para-hydroxylation sites is 1. The lowest BCUT2D eigenvalue weighted by Crippen LogP contribution is -2.13. The summed E-state index contributed by atoms with van der Waals surface area (Å²) in [5.41, 5.74) is 2.44. The Balaban J connectivity index is 1.43. The maximum Gasteiger partial charge on any atom is 0.261 e. The van der Waals surface area contributed by atoms with Crippen molar-refractivity contribution in [2.45, 2.75) is 13.0 Å². The molecule has 0 saturated carbocycles. The van der Waals surface area contributed by atoms with Crippen molar-refractivity contribution >= 4 is 45.6 Å². The number of hydrogen-bond donors (Lipinski definition) is 1. The van der Waals surface area contributed by atoms with Crippen molar-refractivity contribution in [3.05, 3.63) is 111 Å². The molecule has 4 nitrogen and oxygen atoms in total. The van der Waals surface area contributed by atoms with Crippen molar-refractivity contribution < 1.29 is 9.53 Å². The first-order chi connectivity index (χ1) is 15.1. The fourth-order valence-electron chi connectivity index (χ4n) is 2.98. The maximum atomic E-state index is 12.8. The molecule has 7 heteroatoms. The van der Waals surface area contributed by atoms with Crippen LogP contribution in [0.1, 0.15) is 26.4 Å². The van der Waals surface area contributed by atoms with Crippen LogP contribution in [0, 0.1) is 0 Å². The van der Waals surface area contributed by atoms with Gasteiger partial charge >= 0.3 is 0 Å². The summed E-state index contributed by atoms with van der Waals surface area (Å²) in [6.45, 7) is 0.383. The van der Waals surface area contributed by atoms with Crippen LogP contribution in [0.4, 0.5) is 5.13 Å². The molecular weight excluding hydrogens is 451 g/mol. The van der Waals surface area contributed by atoms with E-state index >= 15 is 0 Å². The van der Waals surface area contributed by atoms with E-state index in [0.29, 0.717) is 39.5 Å². The fraction of sp³-hybridized carbons (Fsp3) is 0.0833. The minimum absolute atomic E-state index is 0.269. The second-order valence-electron chi connectivity index (χ2n) is 6.77. The third-order valence-corrected chi connectivity index (χ3v) is 6.02. The average molecular weight is 469 g/mol. The van der Waals surface area contributed by atoms with Crippen molar-refractivity contribution in [1.82, 2.24) is 4.98 Å². The predicted octanol–water partition coefficient (Wildman–Crippen LogP) is 6.87. The zero-order valence-corrected chi connectivity index (χ0v) is 18.7. The molecule has 4 aromatic rings. The largest absolute Gasteiger partial charge is 0.488 e. The number of nitrogens with one attached hydrogen (secondary N) is 1. The zero-order valence-electron chi connectivity index (χ0n) is 16.3. The number of ether oxygens (including phenoxy) is 1. The molecule has 1 N–H and O–H groups in total. The monoisotopic (exact) mass is 468 g/mol. The molecule has 1 heterocycles. The van der Waals surface area contributed by atoms with Gasteiger partial charge in [0, 0.05) is 27.5 Å². The number of hydrogen-bond acceptors (Lipinski definition) is 4. The van der Waals surface area contributed by atoms with E-state index < -0.39 is 0 Å². The summed E-state index contributed by atoms with van der Waals surface area (Å²) < 4.78 is 5.89. The van der Waals surface area contributed by atoms with E-state index in [1.165, 1.54) is 11.3 Å². The molecular formula is C24H18Cl2N2O2S. The number of benzene rings is 3. The third kappa shape index (κ3) is 5.64. The Morgan fingerprint density at radius 1 is 1.00 bits per heavy atom. The molecule has 3 aromatic carbocycles. The fourth-order valence-corrected chi connectivity index (χ4v) is 4.29. The van der Waals surface area contributed by atoms with Gasteiger partial charge in [0.15, 0.2) is 5.13 Å². The molecule has 0 saturated heterocycles. The number of anilines is 1. The molecule has 0 atom stereocenters. The lowest BCUT2D eigenvalue weighted by Gasteiger charge is -2.11. The van der Waals surface area contributed by atoms with Crippen molar-refractivity contribution in [2.24, 2.45) is 0 Å². The first-order valence-electron chi connectivity index (χ1n) is 9.54. The van der Waals surface area contributed by atoms with Gasteiger partial charge in [0.05, 0.1) is 5.56 Å². The van der Waals surface area contributed by atoms with Crippen molar-refractivity contribution in [2.75, 3.05) is 5.32 Å². The highest BCUT2D eigenvalue weighted by molar-refractivity contribution is 7.15. The summed E-state index contributed by atoms with van der Waals surface area (Å²) in [5, 5.41) is 4.58. The zero-order chi connectivity index (χ0) is 21.6. The van der Waals surface area contributed by atoms with E-state index in [1.807, 2.05) is 42.5 Å². The number of thiazole rings is 1. The second-order valence-corrected chi connectivity index (χ2v) is 8.73. The molecule has 0 aliphatic carbocycles. The molecule has 0 fully saturated rings. The topological polar surface area (TPSA) is 51.2 Å². The molecule has 0 spiro atoms. The lowest BCUT2D eigenvalue weighted by molar-refractivity contribution is 0.102. The summed E-state index contributed by atoms with van der Waals surface area (Å²) in [5.74, 6) is 0.252. The quantitative estimate of drug-likeness (QED) is 0.321. The summed E-state index contributed by atoms with van der Waals surface area (Å²) in [6, 6.07) is 22.4. The molecule has 4 rings (SSSR count). The first-order valence-corrected chi connectivity index (χ1v) is 11.1. The Kier molecular flexibility index (Phi) is 6.87. The Bertz CT molecular complexity index is 1200. The second kappa shape index (κ2) is 9.96. The van der Waals surface area contributed by atoms with Gasteiger partial charge in [-0.05, 0) is 35.4 Å². The Labute approximate surface area is 194 Å². The maximum absolute atomic E-state index is 12.8. The molecule has 0 aliphatic rings. The van der Waals surface area contributed by atoms with Crippen LogP contribution in [-0.4, -0.2) is 10.9 Å². The molecule has 0 unspecified atom stereocenters. The number of carbonyl (C=O) groups is 1. The van der Waals surface area contributed by atoms with Gasteiger partial charge in [-0.25, -0.2) is 4.98 Å². The average Bonchev–Trinajstić information content (AvgIpc) is 3.22. The number of carbonyl (C=O) groups excluding carboxylic acids is 1. The molecule has 0 aliphatic heterocycles.